The molecule has 68 valence electrons. The molecule has 1 N–H and O–H groups in total. The molecule has 3 heteroatoms. The third-order valence-electron chi connectivity index (χ3n) is 2.19. The zero-order valence-electron chi connectivity index (χ0n) is 7.40. The summed E-state index contributed by atoms with van der Waals surface area (Å²) < 4.78 is 1.21. The number of aromatic amines is 1. The van der Waals surface area contributed by atoms with E-state index in [9.17, 15) is 0 Å². The van der Waals surface area contributed by atoms with E-state index in [1.807, 2.05) is 12.3 Å². The van der Waals surface area contributed by atoms with Crippen molar-refractivity contribution in [2.45, 2.75) is 0 Å². The predicted molar refractivity (Wildman–Crippen MR) is 59.4 cm³/mol. The van der Waals surface area contributed by atoms with E-state index in [1.165, 1.54) is 15.1 Å². The molecule has 2 aromatic heterocycles. The van der Waals surface area contributed by atoms with Crippen LogP contribution in [0.3, 0.4) is 0 Å². The van der Waals surface area contributed by atoms with Gasteiger partial charge in [-0.1, -0.05) is 30.3 Å². The van der Waals surface area contributed by atoms with E-state index in [4.69, 9.17) is 0 Å². The molecular weight excluding hydrogens is 192 g/mol. The Labute approximate surface area is 85.2 Å². The fourth-order valence-electron chi connectivity index (χ4n) is 1.49. The highest BCUT2D eigenvalue weighted by atomic mass is 32.1. The van der Waals surface area contributed by atoms with Crippen LogP contribution >= 0.6 is 11.3 Å². The van der Waals surface area contributed by atoms with E-state index in [1.54, 1.807) is 11.3 Å². The van der Waals surface area contributed by atoms with Crippen LogP contribution in [0, 0.1) is 0 Å². The number of hydrogen-bond donors (Lipinski definition) is 1. The summed E-state index contributed by atoms with van der Waals surface area (Å²) in [5, 5.41) is 6.95. The highest BCUT2D eigenvalue weighted by Crippen LogP contribution is 2.31. The van der Waals surface area contributed by atoms with E-state index in [2.05, 4.69) is 40.5 Å². The molecule has 0 aliphatic heterocycles. The summed E-state index contributed by atoms with van der Waals surface area (Å²) in [5.74, 6) is 0. The Morgan fingerprint density at radius 1 is 1.14 bits per heavy atom. The minimum Gasteiger partial charge on any atom is -0.277 e. The maximum Gasteiger partial charge on any atom is 0.0764 e. The molecule has 0 amide bonds. The average Bonchev–Trinajstić information content (AvgIpc) is 2.78. The van der Waals surface area contributed by atoms with Gasteiger partial charge in [-0.05, 0) is 11.6 Å². The minimum absolute atomic E-state index is 1.12. The largest absolute Gasteiger partial charge is 0.277 e. The Kier molecular flexibility index (Phi) is 1.64. The van der Waals surface area contributed by atoms with Gasteiger partial charge in [0, 0.05) is 4.88 Å². The lowest BCUT2D eigenvalue weighted by atomic mass is 10.2. The van der Waals surface area contributed by atoms with Gasteiger partial charge in [0.2, 0.25) is 0 Å². The summed E-state index contributed by atoms with van der Waals surface area (Å²) in [6, 6.07) is 12.5. The smallest absolute Gasteiger partial charge is 0.0764 e. The van der Waals surface area contributed by atoms with Gasteiger partial charge in [-0.15, -0.1) is 11.3 Å². The molecule has 3 rings (SSSR count). The molecule has 0 spiro atoms. The Morgan fingerprint density at radius 2 is 2.00 bits per heavy atom. The van der Waals surface area contributed by atoms with Crippen molar-refractivity contribution < 1.29 is 0 Å². The third kappa shape index (κ3) is 1.14. The van der Waals surface area contributed by atoms with Crippen LogP contribution in [-0.4, -0.2) is 10.2 Å². The Bertz CT molecular complexity index is 522. The van der Waals surface area contributed by atoms with Crippen LogP contribution in [0.5, 0.6) is 0 Å². The molecule has 0 radical (unpaired) electrons. The molecule has 14 heavy (non-hydrogen) atoms. The molecule has 0 aliphatic rings. The maximum absolute atomic E-state index is 3.98. The first-order valence-electron chi connectivity index (χ1n) is 4.42. The van der Waals surface area contributed by atoms with Crippen molar-refractivity contribution in [1.82, 2.24) is 10.2 Å². The van der Waals surface area contributed by atoms with Crippen LogP contribution in [0.2, 0.25) is 0 Å². The van der Waals surface area contributed by atoms with Crippen LogP contribution in [0.4, 0.5) is 0 Å². The quantitative estimate of drug-likeness (QED) is 0.641. The van der Waals surface area contributed by atoms with E-state index in [0.29, 0.717) is 0 Å². The summed E-state index contributed by atoms with van der Waals surface area (Å²) in [6.07, 6.45) is 1.87. The van der Waals surface area contributed by atoms with Gasteiger partial charge in [-0.2, -0.15) is 5.10 Å². The number of fused-ring (bicyclic) bond motifs is 1. The number of hydrogen-bond acceptors (Lipinski definition) is 2. The standard InChI is InChI=1S/C11H8N2S/c1-2-4-8(5-3-1)10-6-9-11(14-10)7-12-13-9/h1-7H,(H,12,13). The molecule has 3 aromatic rings. The summed E-state index contributed by atoms with van der Waals surface area (Å²) in [7, 11) is 0. The zero-order valence-corrected chi connectivity index (χ0v) is 8.21. The fourth-order valence-corrected chi connectivity index (χ4v) is 2.48. The molecular formula is C11H8N2S. The van der Waals surface area contributed by atoms with Crippen molar-refractivity contribution in [1.29, 1.82) is 0 Å². The summed E-state index contributed by atoms with van der Waals surface area (Å²) in [6.45, 7) is 0. The molecule has 2 nitrogen and oxygen atoms in total. The van der Waals surface area contributed by atoms with Gasteiger partial charge in [0.25, 0.3) is 0 Å². The number of thiophene rings is 1. The van der Waals surface area contributed by atoms with Crippen molar-refractivity contribution in [3.8, 4) is 10.4 Å². The molecule has 0 saturated carbocycles. The van der Waals surface area contributed by atoms with Crippen LogP contribution < -0.4 is 0 Å². The van der Waals surface area contributed by atoms with Gasteiger partial charge in [-0.3, -0.25) is 5.10 Å². The van der Waals surface area contributed by atoms with Crippen LogP contribution in [0.25, 0.3) is 20.7 Å². The summed E-state index contributed by atoms with van der Waals surface area (Å²) in [5.41, 5.74) is 2.39. The summed E-state index contributed by atoms with van der Waals surface area (Å²) in [4.78, 5) is 1.29. The number of rotatable bonds is 1. The van der Waals surface area contributed by atoms with Crippen LogP contribution in [0.15, 0.2) is 42.6 Å². The maximum atomic E-state index is 3.98. The molecule has 0 saturated heterocycles. The number of benzene rings is 1. The normalized spacial score (nSPS) is 10.9. The first-order chi connectivity index (χ1) is 6.93. The first-order valence-corrected chi connectivity index (χ1v) is 5.23. The second kappa shape index (κ2) is 2.96. The lowest BCUT2D eigenvalue weighted by molar-refractivity contribution is 1.12. The van der Waals surface area contributed by atoms with Crippen molar-refractivity contribution >= 4 is 21.6 Å². The average molecular weight is 200 g/mol. The monoisotopic (exact) mass is 200 g/mol. The van der Waals surface area contributed by atoms with Crippen LogP contribution in [-0.2, 0) is 0 Å². The second-order valence-electron chi connectivity index (χ2n) is 3.12. The minimum atomic E-state index is 1.12. The van der Waals surface area contributed by atoms with Gasteiger partial charge in [0.1, 0.15) is 0 Å². The van der Waals surface area contributed by atoms with Crippen molar-refractivity contribution in [3.63, 3.8) is 0 Å². The lowest BCUT2D eigenvalue weighted by Crippen LogP contribution is -1.69. The van der Waals surface area contributed by atoms with Gasteiger partial charge < -0.3 is 0 Å². The van der Waals surface area contributed by atoms with Gasteiger partial charge in [-0.25, -0.2) is 0 Å². The fraction of sp³-hybridized carbons (Fsp3) is 0. The first kappa shape index (κ1) is 7.76. The van der Waals surface area contributed by atoms with Crippen LogP contribution in [0.1, 0.15) is 0 Å². The van der Waals surface area contributed by atoms with Gasteiger partial charge in [0.15, 0.2) is 0 Å². The molecule has 0 aliphatic carbocycles. The van der Waals surface area contributed by atoms with Crippen molar-refractivity contribution in [3.05, 3.63) is 42.6 Å². The van der Waals surface area contributed by atoms with Gasteiger partial charge >= 0.3 is 0 Å². The molecule has 2 heterocycles. The topological polar surface area (TPSA) is 28.7 Å². The number of nitrogens with zero attached hydrogens (tertiary/aromatic N) is 1. The van der Waals surface area contributed by atoms with Gasteiger partial charge in [0.05, 0.1) is 16.4 Å². The summed E-state index contributed by atoms with van der Waals surface area (Å²) >= 11 is 1.76. The highest BCUT2D eigenvalue weighted by molar-refractivity contribution is 7.22. The number of aromatic nitrogens is 2. The third-order valence-corrected chi connectivity index (χ3v) is 3.30. The molecule has 0 unspecified atom stereocenters. The second-order valence-corrected chi connectivity index (χ2v) is 4.21. The lowest BCUT2D eigenvalue weighted by Gasteiger charge is -1.93. The SMILES string of the molecule is c1ccc(-c2cc3[nH]ncc3s2)cc1. The molecule has 1 aromatic carbocycles. The van der Waals surface area contributed by atoms with E-state index in [-0.39, 0.29) is 0 Å². The highest BCUT2D eigenvalue weighted by Gasteiger charge is 2.04. The predicted octanol–water partition coefficient (Wildman–Crippen LogP) is 3.29. The van der Waals surface area contributed by atoms with E-state index < -0.39 is 0 Å². The van der Waals surface area contributed by atoms with E-state index in [0.717, 1.165) is 5.52 Å². The van der Waals surface area contributed by atoms with E-state index >= 15 is 0 Å². The molecule has 0 bridgehead atoms. The number of nitrogens with one attached hydrogen (secondary N) is 1. The van der Waals surface area contributed by atoms with Crippen molar-refractivity contribution in [2.24, 2.45) is 0 Å². The Balaban J connectivity index is 2.19. The number of H-pyrrole nitrogens is 1. The molecule has 0 fully saturated rings. The Morgan fingerprint density at radius 3 is 2.79 bits per heavy atom. The van der Waals surface area contributed by atoms with Crippen molar-refractivity contribution in [2.75, 3.05) is 0 Å². The zero-order chi connectivity index (χ0) is 9.38. The Hall–Kier alpha value is -1.61. The molecule has 0 atom stereocenters.